The zero-order valence-electron chi connectivity index (χ0n) is 11.4. The minimum Gasteiger partial charge on any atom is -0.481 e. The van der Waals surface area contributed by atoms with Gasteiger partial charge in [-0.2, -0.15) is 4.98 Å². The van der Waals surface area contributed by atoms with E-state index in [0.29, 0.717) is 5.88 Å². The lowest BCUT2D eigenvalue weighted by Gasteiger charge is -2.18. The summed E-state index contributed by atoms with van der Waals surface area (Å²) in [5.41, 5.74) is 4.70. The number of hydrogen-bond donors (Lipinski definition) is 1. The average Bonchev–Trinajstić information content (AvgIpc) is 3.12. The predicted molar refractivity (Wildman–Crippen MR) is 76.3 cm³/mol. The van der Waals surface area contributed by atoms with E-state index >= 15 is 0 Å². The zero-order valence-corrected chi connectivity index (χ0v) is 11.4. The van der Waals surface area contributed by atoms with Gasteiger partial charge in [0, 0.05) is 25.3 Å². The summed E-state index contributed by atoms with van der Waals surface area (Å²) >= 11 is 0. The molecule has 2 aromatic rings. The molecule has 4 rings (SSSR count). The van der Waals surface area contributed by atoms with E-state index in [9.17, 15) is 0 Å². The first kappa shape index (κ1) is 11.7. The molecule has 0 atom stereocenters. The van der Waals surface area contributed by atoms with E-state index in [1.54, 1.807) is 7.11 Å². The number of para-hydroxylation sites is 1. The van der Waals surface area contributed by atoms with Crippen molar-refractivity contribution in [1.29, 1.82) is 0 Å². The van der Waals surface area contributed by atoms with Gasteiger partial charge in [0.15, 0.2) is 0 Å². The number of fused-ring (bicyclic) bond motifs is 2. The Bertz CT molecular complexity index is 671. The van der Waals surface area contributed by atoms with Crippen LogP contribution in [-0.4, -0.2) is 23.6 Å². The molecule has 5 nitrogen and oxygen atoms in total. The van der Waals surface area contributed by atoms with Crippen LogP contribution in [0.4, 0.5) is 11.6 Å². The van der Waals surface area contributed by atoms with Gasteiger partial charge in [-0.05, 0) is 18.1 Å². The Hall–Kier alpha value is -2.14. The number of hydrogen-bond acceptors (Lipinski definition) is 5. The van der Waals surface area contributed by atoms with Crippen molar-refractivity contribution in [1.82, 2.24) is 15.3 Å². The molecular weight excluding hydrogens is 252 g/mol. The second-order valence-corrected chi connectivity index (χ2v) is 5.09. The molecule has 20 heavy (non-hydrogen) atoms. The molecule has 5 heteroatoms. The lowest BCUT2D eigenvalue weighted by molar-refractivity contribution is 0.392. The number of methoxy groups -OCH3 is 1. The summed E-state index contributed by atoms with van der Waals surface area (Å²) in [7, 11) is 1.67. The Morgan fingerprint density at radius 3 is 3.00 bits per heavy atom. The summed E-state index contributed by atoms with van der Waals surface area (Å²) in [6, 6.07) is 8.44. The highest BCUT2D eigenvalue weighted by molar-refractivity contribution is 5.66. The molecule has 0 radical (unpaired) electrons. The number of aromatic nitrogens is 2. The summed E-state index contributed by atoms with van der Waals surface area (Å²) in [5.74, 6) is 1.44. The molecule has 1 aromatic carbocycles. The van der Waals surface area contributed by atoms with Gasteiger partial charge in [-0.25, -0.2) is 4.98 Å². The van der Waals surface area contributed by atoms with Crippen molar-refractivity contribution in [3.63, 3.8) is 0 Å². The second kappa shape index (κ2) is 4.45. The number of nitrogens with zero attached hydrogens (tertiary/aromatic N) is 3. The molecule has 0 spiro atoms. The van der Waals surface area contributed by atoms with Crippen molar-refractivity contribution in [2.45, 2.75) is 19.5 Å². The van der Waals surface area contributed by atoms with Crippen molar-refractivity contribution < 1.29 is 4.74 Å². The Labute approximate surface area is 117 Å². The normalized spacial score (nSPS) is 16.1. The lowest BCUT2D eigenvalue weighted by atomic mass is 10.2. The van der Waals surface area contributed by atoms with Crippen LogP contribution in [0.1, 0.15) is 16.8 Å². The summed E-state index contributed by atoms with van der Waals surface area (Å²) in [5, 5.41) is 3.30. The van der Waals surface area contributed by atoms with E-state index in [1.807, 2.05) is 0 Å². The fourth-order valence-electron chi connectivity index (χ4n) is 2.96. The van der Waals surface area contributed by atoms with Gasteiger partial charge in [0.25, 0.3) is 0 Å². The third kappa shape index (κ3) is 1.67. The van der Waals surface area contributed by atoms with Gasteiger partial charge in [0.2, 0.25) is 11.8 Å². The highest BCUT2D eigenvalue weighted by Crippen LogP contribution is 2.34. The third-order valence-corrected chi connectivity index (χ3v) is 3.96. The molecule has 0 aliphatic carbocycles. The third-order valence-electron chi connectivity index (χ3n) is 3.96. The molecule has 0 bridgehead atoms. The van der Waals surface area contributed by atoms with Crippen LogP contribution in [0.5, 0.6) is 5.88 Å². The van der Waals surface area contributed by atoms with Crippen molar-refractivity contribution >= 4 is 11.6 Å². The van der Waals surface area contributed by atoms with E-state index < -0.39 is 0 Å². The minimum absolute atomic E-state index is 0.694. The molecule has 1 N–H and O–H groups in total. The largest absolute Gasteiger partial charge is 0.481 e. The minimum atomic E-state index is 0.694. The Morgan fingerprint density at radius 2 is 2.10 bits per heavy atom. The second-order valence-electron chi connectivity index (χ2n) is 5.09. The van der Waals surface area contributed by atoms with Gasteiger partial charge in [0.1, 0.15) is 0 Å². The average molecular weight is 268 g/mol. The maximum absolute atomic E-state index is 5.43. The predicted octanol–water partition coefficient (Wildman–Crippen LogP) is 1.78. The lowest BCUT2D eigenvalue weighted by Crippen LogP contribution is -2.18. The molecule has 2 aliphatic heterocycles. The number of benzene rings is 1. The molecule has 0 amide bonds. The van der Waals surface area contributed by atoms with Crippen LogP contribution < -0.4 is 15.0 Å². The van der Waals surface area contributed by atoms with Gasteiger partial charge in [0.05, 0.1) is 18.4 Å². The van der Waals surface area contributed by atoms with E-state index in [-0.39, 0.29) is 0 Å². The van der Waals surface area contributed by atoms with Crippen molar-refractivity contribution in [2.75, 3.05) is 18.6 Å². The maximum Gasteiger partial charge on any atom is 0.233 e. The van der Waals surface area contributed by atoms with Crippen molar-refractivity contribution in [2.24, 2.45) is 0 Å². The van der Waals surface area contributed by atoms with Crippen LogP contribution in [0.25, 0.3) is 0 Å². The molecule has 0 fully saturated rings. The van der Waals surface area contributed by atoms with Gasteiger partial charge in [-0.1, -0.05) is 18.2 Å². The fourth-order valence-corrected chi connectivity index (χ4v) is 2.96. The highest BCUT2D eigenvalue weighted by atomic mass is 16.5. The van der Waals surface area contributed by atoms with Gasteiger partial charge < -0.3 is 15.0 Å². The molecule has 2 aliphatic rings. The first-order valence-corrected chi connectivity index (χ1v) is 6.87. The van der Waals surface area contributed by atoms with Crippen LogP contribution >= 0.6 is 0 Å². The van der Waals surface area contributed by atoms with E-state index in [1.165, 1.54) is 11.3 Å². The van der Waals surface area contributed by atoms with Crippen molar-refractivity contribution in [3.05, 3.63) is 41.1 Å². The molecule has 102 valence electrons. The molecule has 1 aromatic heterocycles. The number of nitrogens with one attached hydrogen (secondary N) is 1. The fraction of sp³-hybridized carbons (Fsp3) is 0.333. The van der Waals surface area contributed by atoms with Crippen LogP contribution in [0.15, 0.2) is 24.3 Å². The summed E-state index contributed by atoms with van der Waals surface area (Å²) in [6.45, 7) is 2.50. The van der Waals surface area contributed by atoms with Gasteiger partial charge >= 0.3 is 0 Å². The summed E-state index contributed by atoms with van der Waals surface area (Å²) < 4.78 is 5.43. The van der Waals surface area contributed by atoms with Crippen LogP contribution in [0.3, 0.4) is 0 Å². The summed E-state index contributed by atoms with van der Waals surface area (Å²) in [6.07, 6.45) is 1.04. The quantitative estimate of drug-likeness (QED) is 0.899. The smallest absolute Gasteiger partial charge is 0.233 e. The molecule has 0 unspecified atom stereocenters. The maximum atomic E-state index is 5.43. The van der Waals surface area contributed by atoms with Crippen LogP contribution in [0.2, 0.25) is 0 Å². The van der Waals surface area contributed by atoms with Gasteiger partial charge in [-0.15, -0.1) is 0 Å². The highest BCUT2D eigenvalue weighted by Gasteiger charge is 2.26. The molecule has 3 heterocycles. The molecule has 0 saturated heterocycles. The Kier molecular flexibility index (Phi) is 2.60. The number of rotatable bonds is 2. The van der Waals surface area contributed by atoms with E-state index in [4.69, 9.17) is 9.72 Å². The monoisotopic (exact) mass is 268 g/mol. The number of ether oxygens (including phenoxy) is 1. The van der Waals surface area contributed by atoms with Gasteiger partial charge in [-0.3, -0.25) is 0 Å². The standard InChI is InChI=1S/C15H16N4O/c1-20-14-11-8-16-9-12(11)17-15(18-14)19-7-6-10-4-2-3-5-13(10)19/h2-5,16H,6-9H2,1H3. The van der Waals surface area contributed by atoms with E-state index in [0.717, 1.165) is 43.3 Å². The molecule has 0 saturated carbocycles. The Balaban J connectivity index is 1.81. The number of anilines is 2. The first-order valence-electron chi connectivity index (χ1n) is 6.87. The van der Waals surface area contributed by atoms with Crippen LogP contribution in [0, 0.1) is 0 Å². The van der Waals surface area contributed by atoms with Crippen molar-refractivity contribution in [3.8, 4) is 5.88 Å². The van der Waals surface area contributed by atoms with Crippen LogP contribution in [-0.2, 0) is 19.5 Å². The Morgan fingerprint density at radius 1 is 1.20 bits per heavy atom. The topological polar surface area (TPSA) is 50.3 Å². The SMILES string of the molecule is COc1nc(N2CCc3ccccc32)nc2c1CNC2. The molecular formula is C15H16N4O. The first-order chi connectivity index (χ1) is 9.86. The zero-order chi connectivity index (χ0) is 13.5. The van der Waals surface area contributed by atoms with E-state index in [2.05, 4.69) is 39.5 Å². The summed E-state index contributed by atoms with van der Waals surface area (Å²) in [4.78, 5) is 11.5.